The quantitative estimate of drug-likeness (QED) is 0.850. The van der Waals surface area contributed by atoms with E-state index in [1.807, 2.05) is 6.20 Å². The zero-order chi connectivity index (χ0) is 11.8. The lowest BCUT2D eigenvalue weighted by molar-refractivity contribution is 0.360. The second-order valence-electron chi connectivity index (χ2n) is 5.89. The summed E-state index contributed by atoms with van der Waals surface area (Å²) in [6, 6.07) is 0. The summed E-state index contributed by atoms with van der Waals surface area (Å²) in [5.74, 6) is 3.22. The highest BCUT2D eigenvalue weighted by Gasteiger charge is 2.31. The van der Waals surface area contributed by atoms with Crippen molar-refractivity contribution < 1.29 is 4.42 Å². The van der Waals surface area contributed by atoms with E-state index in [0.29, 0.717) is 12.5 Å². The van der Waals surface area contributed by atoms with Gasteiger partial charge in [0.2, 0.25) is 5.89 Å². The second kappa shape index (κ2) is 4.21. The van der Waals surface area contributed by atoms with Crippen LogP contribution in [0.2, 0.25) is 0 Å². The summed E-state index contributed by atoms with van der Waals surface area (Å²) >= 11 is 0. The first-order valence-electron chi connectivity index (χ1n) is 6.15. The number of aromatic nitrogens is 1. The van der Waals surface area contributed by atoms with Gasteiger partial charge in [0.15, 0.2) is 0 Å². The zero-order valence-corrected chi connectivity index (χ0v) is 10.7. The fourth-order valence-corrected chi connectivity index (χ4v) is 1.79. The lowest BCUT2D eigenvalue weighted by Crippen LogP contribution is -2.35. The van der Waals surface area contributed by atoms with Crippen LogP contribution in [0.4, 0.5) is 0 Å². The molecule has 1 aromatic rings. The molecule has 1 fully saturated rings. The van der Waals surface area contributed by atoms with Gasteiger partial charge in [0, 0.05) is 11.5 Å². The topological polar surface area (TPSA) is 38.1 Å². The van der Waals surface area contributed by atoms with Crippen LogP contribution in [0.25, 0.3) is 0 Å². The smallest absolute Gasteiger partial charge is 0.208 e. The Bertz CT molecular complexity index is 347. The van der Waals surface area contributed by atoms with Gasteiger partial charge < -0.3 is 9.73 Å². The van der Waals surface area contributed by atoms with Crippen molar-refractivity contribution in [2.24, 2.45) is 5.92 Å². The Kier molecular flexibility index (Phi) is 3.06. The van der Waals surface area contributed by atoms with E-state index in [9.17, 15) is 0 Å². The molecule has 1 N–H and O–H groups in total. The van der Waals surface area contributed by atoms with Crippen LogP contribution < -0.4 is 5.32 Å². The van der Waals surface area contributed by atoms with Crippen molar-refractivity contribution in [2.45, 2.75) is 58.5 Å². The molecule has 0 saturated heterocycles. The van der Waals surface area contributed by atoms with E-state index in [4.69, 9.17) is 4.42 Å². The third kappa shape index (κ3) is 3.08. The van der Waals surface area contributed by atoms with Gasteiger partial charge in [0.1, 0.15) is 5.76 Å². The maximum atomic E-state index is 5.77. The van der Waals surface area contributed by atoms with Gasteiger partial charge in [0.05, 0.1) is 12.7 Å². The standard InChI is InChI=1S/C13H22N2O/c1-9(10-5-6-10)11-7-14-12(16-11)8-15-13(2,3)4/h7,9-10,15H,5-6,8H2,1-4H3. The van der Waals surface area contributed by atoms with Gasteiger partial charge in [-0.2, -0.15) is 0 Å². The van der Waals surface area contributed by atoms with Crippen molar-refractivity contribution in [1.82, 2.24) is 10.3 Å². The third-order valence-electron chi connectivity index (χ3n) is 3.12. The van der Waals surface area contributed by atoms with Crippen LogP contribution in [0, 0.1) is 5.92 Å². The number of nitrogens with zero attached hydrogens (tertiary/aromatic N) is 1. The molecule has 0 radical (unpaired) electrons. The minimum atomic E-state index is 0.108. The molecule has 1 atom stereocenters. The molecule has 0 bridgehead atoms. The fraction of sp³-hybridized carbons (Fsp3) is 0.769. The number of hydrogen-bond acceptors (Lipinski definition) is 3. The molecule has 0 aliphatic heterocycles. The monoisotopic (exact) mass is 222 g/mol. The van der Waals surface area contributed by atoms with E-state index < -0.39 is 0 Å². The van der Waals surface area contributed by atoms with Crippen molar-refractivity contribution in [3.63, 3.8) is 0 Å². The maximum absolute atomic E-state index is 5.77. The molecule has 0 aromatic carbocycles. The summed E-state index contributed by atoms with van der Waals surface area (Å²) in [5, 5.41) is 3.38. The molecule has 90 valence electrons. The summed E-state index contributed by atoms with van der Waals surface area (Å²) < 4.78 is 5.77. The number of hydrogen-bond donors (Lipinski definition) is 1. The Balaban J connectivity index is 1.91. The Morgan fingerprint density at radius 3 is 2.75 bits per heavy atom. The second-order valence-corrected chi connectivity index (χ2v) is 5.89. The van der Waals surface area contributed by atoms with Gasteiger partial charge in [-0.1, -0.05) is 6.92 Å². The van der Waals surface area contributed by atoms with E-state index in [2.05, 4.69) is 38.0 Å². The van der Waals surface area contributed by atoms with Gasteiger partial charge in [-0.3, -0.25) is 0 Å². The molecule has 3 nitrogen and oxygen atoms in total. The highest BCUT2D eigenvalue weighted by atomic mass is 16.4. The summed E-state index contributed by atoms with van der Waals surface area (Å²) in [6.45, 7) is 9.37. The maximum Gasteiger partial charge on any atom is 0.208 e. The van der Waals surface area contributed by atoms with Crippen LogP contribution >= 0.6 is 0 Å². The third-order valence-corrected chi connectivity index (χ3v) is 3.12. The summed E-state index contributed by atoms with van der Waals surface area (Å²) in [7, 11) is 0. The SMILES string of the molecule is CC(c1cnc(CNC(C)(C)C)o1)C1CC1. The average molecular weight is 222 g/mol. The van der Waals surface area contributed by atoms with Gasteiger partial charge >= 0.3 is 0 Å². The summed E-state index contributed by atoms with van der Waals surface area (Å²) in [4.78, 5) is 4.32. The molecular formula is C13H22N2O. The number of rotatable bonds is 4. The average Bonchev–Trinajstić information content (AvgIpc) is 2.92. The Morgan fingerprint density at radius 2 is 2.19 bits per heavy atom. The Hall–Kier alpha value is -0.830. The van der Waals surface area contributed by atoms with Crippen molar-refractivity contribution in [3.05, 3.63) is 17.8 Å². The van der Waals surface area contributed by atoms with Crippen molar-refractivity contribution in [1.29, 1.82) is 0 Å². The fourth-order valence-electron chi connectivity index (χ4n) is 1.79. The van der Waals surface area contributed by atoms with Crippen LogP contribution in [0.15, 0.2) is 10.6 Å². The Labute approximate surface area is 97.6 Å². The zero-order valence-electron chi connectivity index (χ0n) is 10.7. The van der Waals surface area contributed by atoms with Crippen LogP contribution in [0.3, 0.4) is 0 Å². The lowest BCUT2D eigenvalue weighted by Gasteiger charge is -2.19. The number of nitrogens with one attached hydrogen (secondary N) is 1. The Morgan fingerprint density at radius 1 is 1.50 bits per heavy atom. The van der Waals surface area contributed by atoms with E-state index in [1.54, 1.807) is 0 Å². The van der Waals surface area contributed by atoms with E-state index in [1.165, 1.54) is 12.8 Å². The molecule has 0 spiro atoms. The van der Waals surface area contributed by atoms with Gasteiger partial charge in [-0.15, -0.1) is 0 Å². The van der Waals surface area contributed by atoms with Crippen LogP contribution in [-0.2, 0) is 6.54 Å². The molecule has 1 heterocycles. The van der Waals surface area contributed by atoms with Crippen LogP contribution in [0.5, 0.6) is 0 Å². The predicted octanol–water partition coefficient (Wildman–Crippen LogP) is 3.08. The van der Waals surface area contributed by atoms with E-state index >= 15 is 0 Å². The molecule has 2 rings (SSSR count). The van der Waals surface area contributed by atoms with Gasteiger partial charge in [-0.25, -0.2) is 4.98 Å². The molecule has 0 amide bonds. The highest BCUT2D eigenvalue weighted by molar-refractivity contribution is 5.05. The molecule has 3 heteroatoms. The van der Waals surface area contributed by atoms with Gasteiger partial charge in [0.25, 0.3) is 0 Å². The molecule has 16 heavy (non-hydrogen) atoms. The van der Waals surface area contributed by atoms with Crippen LogP contribution in [-0.4, -0.2) is 10.5 Å². The normalized spacial score (nSPS) is 18.8. The van der Waals surface area contributed by atoms with Gasteiger partial charge in [-0.05, 0) is 39.5 Å². The molecule has 1 aliphatic rings. The number of oxazole rings is 1. The van der Waals surface area contributed by atoms with Crippen molar-refractivity contribution in [3.8, 4) is 0 Å². The van der Waals surface area contributed by atoms with E-state index in [-0.39, 0.29) is 5.54 Å². The first kappa shape index (κ1) is 11.6. The van der Waals surface area contributed by atoms with Crippen molar-refractivity contribution >= 4 is 0 Å². The minimum Gasteiger partial charge on any atom is -0.444 e. The molecule has 1 unspecified atom stereocenters. The van der Waals surface area contributed by atoms with Crippen LogP contribution in [0.1, 0.15) is 58.1 Å². The molecule has 1 saturated carbocycles. The summed E-state index contributed by atoms with van der Waals surface area (Å²) in [6.07, 6.45) is 4.58. The molecular weight excluding hydrogens is 200 g/mol. The largest absolute Gasteiger partial charge is 0.444 e. The first-order valence-corrected chi connectivity index (χ1v) is 6.15. The molecule has 1 aromatic heterocycles. The minimum absolute atomic E-state index is 0.108. The first-order chi connectivity index (χ1) is 7.46. The predicted molar refractivity (Wildman–Crippen MR) is 64.2 cm³/mol. The highest BCUT2D eigenvalue weighted by Crippen LogP contribution is 2.42. The summed E-state index contributed by atoms with van der Waals surface area (Å²) in [5.41, 5.74) is 0.108. The van der Waals surface area contributed by atoms with E-state index in [0.717, 1.165) is 17.6 Å². The molecule has 1 aliphatic carbocycles. The van der Waals surface area contributed by atoms with Crippen molar-refractivity contribution in [2.75, 3.05) is 0 Å². The lowest BCUT2D eigenvalue weighted by atomic mass is 10.0.